The number of carbonyl (C=O) groups is 4. The zero-order valence-electron chi connectivity index (χ0n) is 21.6. The van der Waals surface area contributed by atoms with Crippen molar-refractivity contribution < 1.29 is 24.3 Å². The van der Waals surface area contributed by atoms with Gasteiger partial charge in [-0.25, -0.2) is 4.79 Å². The van der Waals surface area contributed by atoms with Crippen molar-refractivity contribution in [3.8, 4) is 0 Å². The third kappa shape index (κ3) is 7.30. The first-order valence-corrected chi connectivity index (χ1v) is 12.4. The van der Waals surface area contributed by atoms with Crippen LogP contribution in [-0.2, 0) is 25.6 Å². The van der Waals surface area contributed by atoms with Gasteiger partial charge in [0.2, 0.25) is 17.7 Å². The number of fused-ring (bicyclic) bond motifs is 1. The molecule has 10 nitrogen and oxygen atoms in total. The Balaban J connectivity index is 2.24. The molecule has 0 spiro atoms. The van der Waals surface area contributed by atoms with Crippen LogP contribution in [0.15, 0.2) is 30.5 Å². The van der Waals surface area contributed by atoms with Crippen molar-refractivity contribution in [1.29, 1.82) is 0 Å². The van der Waals surface area contributed by atoms with Crippen molar-refractivity contribution in [3.05, 3.63) is 36.0 Å². The molecule has 6 unspecified atom stereocenters. The fourth-order valence-electron chi connectivity index (χ4n) is 3.85. The molecule has 2 rings (SSSR count). The van der Waals surface area contributed by atoms with E-state index in [9.17, 15) is 24.3 Å². The Morgan fingerprint density at radius 1 is 0.917 bits per heavy atom. The van der Waals surface area contributed by atoms with Crippen LogP contribution in [0.2, 0.25) is 0 Å². The standard InChI is InChI=1S/C26H39N5O5/c1-6-14(3)21(27)25(34)29-16(5)23(32)30-20(24(33)31-22(26(35)36)15(4)7-2)12-17-13-28-19-11-9-8-10-18(17)19/h8-11,13-16,20-22,28H,6-7,12,27H2,1-5H3,(H,29,34)(H,30,32)(H,31,33)(H,35,36). The number of benzene rings is 1. The van der Waals surface area contributed by atoms with Gasteiger partial charge in [0.15, 0.2) is 0 Å². The first-order chi connectivity index (χ1) is 17.0. The summed E-state index contributed by atoms with van der Waals surface area (Å²) in [7, 11) is 0. The average Bonchev–Trinajstić information content (AvgIpc) is 3.27. The number of hydrogen-bond donors (Lipinski definition) is 6. The van der Waals surface area contributed by atoms with E-state index in [0.29, 0.717) is 12.8 Å². The molecule has 0 saturated carbocycles. The Hall–Kier alpha value is -3.40. The maximum absolute atomic E-state index is 13.3. The number of carbonyl (C=O) groups excluding carboxylic acids is 3. The molecule has 1 aromatic carbocycles. The number of aromatic nitrogens is 1. The molecule has 198 valence electrons. The number of hydrogen-bond acceptors (Lipinski definition) is 5. The Labute approximate surface area is 211 Å². The van der Waals surface area contributed by atoms with Crippen LogP contribution in [0.1, 0.15) is 53.0 Å². The predicted octanol–water partition coefficient (Wildman–Crippen LogP) is 1.69. The lowest BCUT2D eigenvalue weighted by Crippen LogP contribution is -2.58. The number of carboxylic acid groups (broad SMARTS) is 1. The van der Waals surface area contributed by atoms with Gasteiger partial charge >= 0.3 is 5.97 Å². The molecule has 6 atom stereocenters. The maximum atomic E-state index is 13.3. The van der Waals surface area contributed by atoms with Gasteiger partial charge in [-0.15, -0.1) is 0 Å². The van der Waals surface area contributed by atoms with Gasteiger partial charge in [0.1, 0.15) is 18.1 Å². The van der Waals surface area contributed by atoms with Crippen LogP contribution in [0.4, 0.5) is 0 Å². The number of carboxylic acids is 1. The fourth-order valence-corrected chi connectivity index (χ4v) is 3.85. The van der Waals surface area contributed by atoms with E-state index in [1.54, 1.807) is 13.1 Å². The second-order valence-electron chi connectivity index (χ2n) is 9.48. The lowest BCUT2D eigenvalue weighted by atomic mass is 9.98. The Morgan fingerprint density at radius 2 is 1.56 bits per heavy atom. The second-order valence-corrected chi connectivity index (χ2v) is 9.48. The van der Waals surface area contributed by atoms with Crippen LogP contribution >= 0.6 is 0 Å². The molecule has 0 bridgehead atoms. The van der Waals surface area contributed by atoms with E-state index in [0.717, 1.165) is 16.5 Å². The third-order valence-corrected chi connectivity index (χ3v) is 6.82. The van der Waals surface area contributed by atoms with E-state index < -0.39 is 47.9 Å². The zero-order chi connectivity index (χ0) is 27.0. The number of aromatic amines is 1. The van der Waals surface area contributed by atoms with E-state index in [4.69, 9.17) is 5.73 Å². The van der Waals surface area contributed by atoms with Gasteiger partial charge in [0, 0.05) is 23.5 Å². The van der Waals surface area contributed by atoms with Gasteiger partial charge < -0.3 is 31.8 Å². The first kappa shape index (κ1) is 28.8. The summed E-state index contributed by atoms with van der Waals surface area (Å²) in [4.78, 5) is 53.6. The predicted molar refractivity (Wildman–Crippen MR) is 138 cm³/mol. The highest BCUT2D eigenvalue weighted by atomic mass is 16.4. The van der Waals surface area contributed by atoms with Crippen molar-refractivity contribution in [3.63, 3.8) is 0 Å². The van der Waals surface area contributed by atoms with Gasteiger partial charge in [0.25, 0.3) is 0 Å². The lowest BCUT2D eigenvalue weighted by Gasteiger charge is -2.26. The second kappa shape index (κ2) is 13.1. The number of nitrogens with two attached hydrogens (primary N) is 1. The molecule has 0 radical (unpaired) electrons. The maximum Gasteiger partial charge on any atom is 0.326 e. The average molecular weight is 502 g/mol. The van der Waals surface area contributed by atoms with Gasteiger partial charge in [0.05, 0.1) is 6.04 Å². The molecule has 0 aliphatic carbocycles. The van der Waals surface area contributed by atoms with Gasteiger partial charge in [-0.1, -0.05) is 58.7 Å². The Kier molecular flexibility index (Phi) is 10.5. The van der Waals surface area contributed by atoms with E-state index in [1.807, 2.05) is 45.0 Å². The molecular formula is C26H39N5O5. The molecule has 1 heterocycles. The Morgan fingerprint density at radius 3 is 2.17 bits per heavy atom. The highest BCUT2D eigenvalue weighted by molar-refractivity contribution is 5.94. The minimum Gasteiger partial charge on any atom is -0.480 e. The van der Waals surface area contributed by atoms with Crippen LogP contribution in [-0.4, -0.2) is 57.9 Å². The fraction of sp³-hybridized carbons (Fsp3) is 0.538. The summed E-state index contributed by atoms with van der Waals surface area (Å²) < 4.78 is 0. The topological polar surface area (TPSA) is 166 Å². The number of nitrogens with one attached hydrogen (secondary N) is 4. The quantitative estimate of drug-likeness (QED) is 0.244. The number of H-pyrrole nitrogens is 1. The molecule has 0 fully saturated rings. The summed E-state index contributed by atoms with van der Waals surface area (Å²) in [6.07, 6.45) is 3.15. The van der Waals surface area contributed by atoms with Crippen molar-refractivity contribution in [1.82, 2.24) is 20.9 Å². The van der Waals surface area contributed by atoms with Crippen LogP contribution in [0.5, 0.6) is 0 Å². The summed E-state index contributed by atoms with van der Waals surface area (Å²) in [5.41, 5.74) is 7.63. The molecule has 2 aromatic rings. The number of para-hydroxylation sites is 1. The van der Waals surface area contributed by atoms with Gasteiger partial charge in [-0.05, 0) is 30.4 Å². The molecule has 7 N–H and O–H groups in total. The van der Waals surface area contributed by atoms with E-state index >= 15 is 0 Å². The van der Waals surface area contributed by atoms with Crippen molar-refractivity contribution >= 4 is 34.6 Å². The first-order valence-electron chi connectivity index (χ1n) is 12.4. The number of rotatable bonds is 13. The van der Waals surface area contributed by atoms with Crippen LogP contribution < -0.4 is 21.7 Å². The summed E-state index contributed by atoms with van der Waals surface area (Å²) in [5, 5.41) is 18.4. The summed E-state index contributed by atoms with van der Waals surface area (Å²) >= 11 is 0. The van der Waals surface area contributed by atoms with E-state index in [2.05, 4.69) is 20.9 Å². The SMILES string of the molecule is CCC(C)C(N)C(=O)NC(C)C(=O)NC(Cc1c[nH]c2ccccc12)C(=O)NC(C(=O)O)C(C)CC. The zero-order valence-corrected chi connectivity index (χ0v) is 21.6. The van der Waals surface area contributed by atoms with Crippen molar-refractivity contribution in [2.75, 3.05) is 0 Å². The summed E-state index contributed by atoms with van der Waals surface area (Å²) in [5.74, 6) is -3.15. The van der Waals surface area contributed by atoms with E-state index in [-0.39, 0.29) is 18.3 Å². The molecule has 0 saturated heterocycles. The van der Waals surface area contributed by atoms with Crippen LogP contribution in [0.3, 0.4) is 0 Å². The smallest absolute Gasteiger partial charge is 0.326 e. The highest BCUT2D eigenvalue weighted by Crippen LogP contribution is 2.19. The van der Waals surface area contributed by atoms with Gasteiger partial charge in [-0.3, -0.25) is 14.4 Å². The third-order valence-electron chi connectivity index (χ3n) is 6.82. The highest BCUT2D eigenvalue weighted by Gasteiger charge is 2.31. The molecular weight excluding hydrogens is 462 g/mol. The molecule has 3 amide bonds. The molecule has 0 aliphatic rings. The van der Waals surface area contributed by atoms with Crippen molar-refractivity contribution in [2.24, 2.45) is 17.6 Å². The molecule has 0 aliphatic heterocycles. The number of aliphatic carboxylic acids is 1. The molecule has 36 heavy (non-hydrogen) atoms. The normalized spacial score (nSPS) is 16.3. The van der Waals surface area contributed by atoms with Crippen molar-refractivity contribution in [2.45, 2.75) is 78.0 Å². The van der Waals surface area contributed by atoms with E-state index in [1.165, 1.54) is 6.92 Å². The van der Waals surface area contributed by atoms with Crippen LogP contribution in [0.25, 0.3) is 10.9 Å². The number of amides is 3. The lowest BCUT2D eigenvalue weighted by molar-refractivity contribution is -0.143. The minimum absolute atomic E-state index is 0.0610. The van der Waals surface area contributed by atoms with Gasteiger partial charge in [-0.2, -0.15) is 0 Å². The monoisotopic (exact) mass is 501 g/mol. The summed E-state index contributed by atoms with van der Waals surface area (Å²) in [6.45, 7) is 8.87. The summed E-state index contributed by atoms with van der Waals surface area (Å²) in [6, 6.07) is 3.67. The molecule has 10 heteroatoms. The Bertz CT molecular complexity index is 1070. The largest absolute Gasteiger partial charge is 0.480 e. The minimum atomic E-state index is -1.14. The van der Waals surface area contributed by atoms with Crippen LogP contribution in [0, 0.1) is 11.8 Å². The molecule has 1 aromatic heterocycles.